The molecule has 0 aliphatic heterocycles. The molecule has 5 aromatic rings. The molecule has 1 amide bonds. The van der Waals surface area contributed by atoms with E-state index in [1.807, 2.05) is 48.5 Å². The molecule has 8 nitrogen and oxygen atoms in total. The Hall–Kier alpha value is -4.79. The van der Waals surface area contributed by atoms with Gasteiger partial charge in [0.1, 0.15) is 28.5 Å². The monoisotopic (exact) mass is 468 g/mol. The van der Waals surface area contributed by atoms with Crippen molar-refractivity contribution in [3.63, 3.8) is 0 Å². The van der Waals surface area contributed by atoms with Crippen LogP contribution >= 0.6 is 0 Å². The number of halogens is 1. The third-order valence-electron chi connectivity index (χ3n) is 5.48. The highest BCUT2D eigenvalue weighted by Gasteiger charge is 2.24. The van der Waals surface area contributed by atoms with E-state index in [0.717, 1.165) is 11.1 Å². The maximum absolute atomic E-state index is 13.2. The van der Waals surface area contributed by atoms with Gasteiger partial charge in [0, 0.05) is 6.54 Å². The molecule has 0 unspecified atom stereocenters. The standard InChI is InChI=1S/C26H21FN6O2/c1-35-19-6-4-5-17(13-19)15-30-33-24(28)22(26(34)29-14-16-9-11-18(27)12-10-16)23-25(33)32-21-8-3-2-7-20(21)31-23/h2-13,15H,14,28H2,1H3,(H,29,34). The second kappa shape index (κ2) is 9.22. The Morgan fingerprint density at radius 2 is 1.83 bits per heavy atom. The van der Waals surface area contributed by atoms with Crippen molar-refractivity contribution in [1.29, 1.82) is 0 Å². The van der Waals surface area contributed by atoms with Gasteiger partial charge in [-0.05, 0) is 47.5 Å². The molecule has 0 saturated carbocycles. The van der Waals surface area contributed by atoms with Crippen LogP contribution in [0.1, 0.15) is 21.5 Å². The van der Waals surface area contributed by atoms with Crippen molar-refractivity contribution in [3.8, 4) is 5.75 Å². The first-order valence-electron chi connectivity index (χ1n) is 10.8. The minimum absolute atomic E-state index is 0.103. The zero-order chi connectivity index (χ0) is 24.4. The lowest BCUT2D eigenvalue weighted by atomic mass is 10.2. The van der Waals surface area contributed by atoms with Gasteiger partial charge in [0.15, 0.2) is 5.65 Å². The van der Waals surface area contributed by atoms with E-state index in [1.165, 1.54) is 16.8 Å². The number of carbonyl (C=O) groups excluding carboxylic acids is 1. The number of amides is 1. The molecule has 35 heavy (non-hydrogen) atoms. The first kappa shape index (κ1) is 22.0. The number of aromatic nitrogens is 3. The van der Waals surface area contributed by atoms with Crippen molar-refractivity contribution in [2.45, 2.75) is 6.54 Å². The molecule has 0 saturated heterocycles. The van der Waals surface area contributed by atoms with Gasteiger partial charge in [-0.1, -0.05) is 36.4 Å². The number of nitrogens with two attached hydrogens (primary N) is 1. The van der Waals surface area contributed by atoms with Crippen LogP contribution in [-0.2, 0) is 6.54 Å². The summed E-state index contributed by atoms with van der Waals surface area (Å²) in [5.41, 5.74) is 10.1. The first-order chi connectivity index (χ1) is 17.0. The predicted octanol–water partition coefficient (Wildman–Crippen LogP) is 4.13. The van der Waals surface area contributed by atoms with Crippen molar-refractivity contribution in [2.24, 2.45) is 5.10 Å². The lowest BCUT2D eigenvalue weighted by molar-refractivity contribution is 0.0953. The van der Waals surface area contributed by atoms with Gasteiger partial charge in [-0.2, -0.15) is 9.78 Å². The molecule has 0 spiro atoms. The molecule has 0 bridgehead atoms. The number of nitrogen functional groups attached to an aromatic ring is 1. The number of hydrogen-bond donors (Lipinski definition) is 2. The normalized spacial score (nSPS) is 11.4. The molecule has 0 radical (unpaired) electrons. The molecule has 0 aliphatic carbocycles. The van der Waals surface area contributed by atoms with Gasteiger partial charge in [-0.15, -0.1) is 0 Å². The summed E-state index contributed by atoms with van der Waals surface area (Å²) in [7, 11) is 1.59. The number of nitrogens with one attached hydrogen (secondary N) is 1. The summed E-state index contributed by atoms with van der Waals surface area (Å²) >= 11 is 0. The van der Waals surface area contributed by atoms with Crippen molar-refractivity contribution in [1.82, 2.24) is 20.0 Å². The topological polar surface area (TPSA) is 107 Å². The van der Waals surface area contributed by atoms with E-state index >= 15 is 0 Å². The van der Waals surface area contributed by atoms with Gasteiger partial charge in [-0.3, -0.25) is 4.79 Å². The number of anilines is 1. The second-order valence-electron chi connectivity index (χ2n) is 7.79. The SMILES string of the molecule is COc1cccc(C=Nn2c(N)c(C(=O)NCc3ccc(F)cc3)c3nc4ccccc4nc32)c1. The van der Waals surface area contributed by atoms with E-state index in [0.29, 0.717) is 27.9 Å². The average molecular weight is 468 g/mol. The van der Waals surface area contributed by atoms with Crippen LogP contribution in [0, 0.1) is 5.82 Å². The molecule has 0 aliphatic rings. The average Bonchev–Trinajstić information content (AvgIpc) is 3.15. The molecule has 2 aromatic heterocycles. The molecule has 0 atom stereocenters. The zero-order valence-corrected chi connectivity index (χ0v) is 18.8. The number of para-hydroxylation sites is 2. The van der Waals surface area contributed by atoms with Crippen LogP contribution in [0.15, 0.2) is 77.9 Å². The van der Waals surface area contributed by atoms with Crippen LogP contribution in [0.5, 0.6) is 5.75 Å². The molecule has 9 heteroatoms. The third-order valence-corrected chi connectivity index (χ3v) is 5.48. The third kappa shape index (κ3) is 4.39. The molecule has 5 rings (SSSR count). The number of fused-ring (bicyclic) bond motifs is 2. The summed E-state index contributed by atoms with van der Waals surface area (Å²) in [6, 6.07) is 20.6. The van der Waals surface area contributed by atoms with Gasteiger partial charge >= 0.3 is 0 Å². The molecule has 0 fully saturated rings. The van der Waals surface area contributed by atoms with Gasteiger partial charge in [0.05, 0.1) is 24.4 Å². The number of methoxy groups -OCH3 is 1. The number of carbonyl (C=O) groups is 1. The molecule has 3 N–H and O–H groups in total. The summed E-state index contributed by atoms with van der Waals surface area (Å²) in [6.07, 6.45) is 1.61. The van der Waals surface area contributed by atoms with E-state index < -0.39 is 5.91 Å². The number of ether oxygens (including phenoxy) is 1. The van der Waals surface area contributed by atoms with Crippen molar-refractivity contribution >= 4 is 40.1 Å². The quantitative estimate of drug-likeness (QED) is 0.365. The molecular formula is C26H21FN6O2. The summed E-state index contributed by atoms with van der Waals surface area (Å²) in [5.74, 6) is 0.0113. The van der Waals surface area contributed by atoms with Crippen molar-refractivity contribution in [2.75, 3.05) is 12.8 Å². The maximum Gasteiger partial charge on any atom is 0.257 e. The Morgan fingerprint density at radius 1 is 1.09 bits per heavy atom. The summed E-state index contributed by atoms with van der Waals surface area (Å²) in [4.78, 5) is 22.5. The van der Waals surface area contributed by atoms with Gasteiger partial charge in [-0.25, -0.2) is 14.4 Å². The molecule has 2 heterocycles. The Labute approximate surface area is 199 Å². The fourth-order valence-electron chi connectivity index (χ4n) is 3.71. The van der Waals surface area contributed by atoms with Crippen molar-refractivity contribution < 1.29 is 13.9 Å². The second-order valence-corrected chi connectivity index (χ2v) is 7.79. The highest BCUT2D eigenvalue weighted by molar-refractivity contribution is 6.10. The lowest BCUT2D eigenvalue weighted by Gasteiger charge is -2.06. The fraction of sp³-hybridized carbons (Fsp3) is 0.0769. The summed E-state index contributed by atoms with van der Waals surface area (Å²) in [5, 5.41) is 7.33. The molecule has 174 valence electrons. The first-order valence-corrected chi connectivity index (χ1v) is 10.8. The predicted molar refractivity (Wildman–Crippen MR) is 133 cm³/mol. The molecular weight excluding hydrogens is 447 g/mol. The highest BCUT2D eigenvalue weighted by atomic mass is 19.1. The van der Waals surface area contributed by atoms with Crippen LogP contribution in [0.3, 0.4) is 0 Å². The van der Waals surface area contributed by atoms with Crippen LogP contribution in [0.4, 0.5) is 10.2 Å². The Bertz CT molecular complexity index is 1580. The Morgan fingerprint density at radius 3 is 2.57 bits per heavy atom. The number of hydrogen-bond acceptors (Lipinski definition) is 6. The number of rotatable bonds is 6. The number of nitrogens with zero attached hydrogens (tertiary/aromatic N) is 4. The summed E-state index contributed by atoms with van der Waals surface area (Å²) in [6.45, 7) is 0.194. The Kier molecular flexibility index (Phi) is 5.80. The number of benzene rings is 3. The zero-order valence-electron chi connectivity index (χ0n) is 18.8. The van der Waals surface area contributed by atoms with Crippen LogP contribution in [0.2, 0.25) is 0 Å². The van der Waals surface area contributed by atoms with Gasteiger partial charge in [0.2, 0.25) is 0 Å². The van der Waals surface area contributed by atoms with Crippen LogP contribution < -0.4 is 15.8 Å². The minimum Gasteiger partial charge on any atom is -0.497 e. The van der Waals surface area contributed by atoms with E-state index in [9.17, 15) is 9.18 Å². The minimum atomic E-state index is -0.434. The maximum atomic E-state index is 13.2. The fourth-order valence-corrected chi connectivity index (χ4v) is 3.71. The van der Waals surface area contributed by atoms with Gasteiger partial charge < -0.3 is 15.8 Å². The highest BCUT2D eigenvalue weighted by Crippen LogP contribution is 2.28. The lowest BCUT2D eigenvalue weighted by Crippen LogP contribution is -2.23. The summed E-state index contributed by atoms with van der Waals surface area (Å²) < 4.78 is 19.9. The largest absolute Gasteiger partial charge is 0.497 e. The van der Waals surface area contributed by atoms with E-state index in [2.05, 4.69) is 20.4 Å². The Balaban J connectivity index is 1.57. The van der Waals surface area contributed by atoms with Crippen LogP contribution in [-0.4, -0.2) is 33.9 Å². The van der Waals surface area contributed by atoms with Crippen molar-refractivity contribution in [3.05, 3.63) is 95.3 Å². The smallest absolute Gasteiger partial charge is 0.257 e. The van der Waals surface area contributed by atoms with E-state index in [-0.39, 0.29) is 23.7 Å². The van der Waals surface area contributed by atoms with E-state index in [4.69, 9.17) is 10.5 Å². The van der Waals surface area contributed by atoms with E-state index in [1.54, 1.807) is 25.5 Å². The van der Waals surface area contributed by atoms with Gasteiger partial charge in [0.25, 0.3) is 5.91 Å². The molecule has 3 aromatic carbocycles. The van der Waals surface area contributed by atoms with Crippen LogP contribution in [0.25, 0.3) is 22.2 Å².